The minimum atomic E-state index is -1.65. The molecule has 3 fully saturated rings. The number of nitrogens with one attached hydrogen (secondary N) is 1. The maximum atomic E-state index is 14.8. The Morgan fingerprint density at radius 3 is 2.28 bits per heavy atom. The first-order valence-electron chi connectivity index (χ1n) is 17.7. The number of nitrogens with zero attached hydrogens (tertiary/aromatic N) is 3. The SMILES string of the molecule is CCC[C@H](CC(=O)[C@@H]1CC2CCCCC2N1C(=O)[C@@H](CC(=O)[C@@H](NC(=O)c1cnccn1)C1CCCCC1)C(C)(C)C)C(O)C(=O)O. The number of carboxylic acids is 1. The molecule has 47 heavy (non-hydrogen) atoms. The molecule has 260 valence electrons. The van der Waals surface area contributed by atoms with Crippen molar-refractivity contribution in [3.05, 3.63) is 24.3 Å². The largest absolute Gasteiger partial charge is 0.479 e. The van der Waals surface area contributed by atoms with Crippen molar-refractivity contribution in [2.45, 2.75) is 142 Å². The van der Waals surface area contributed by atoms with Crippen LogP contribution >= 0.6 is 0 Å². The van der Waals surface area contributed by atoms with Gasteiger partial charge in [0.2, 0.25) is 5.91 Å². The number of amides is 2. The Labute approximate surface area is 278 Å². The van der Waals surface area contributed by atoms with Gasteiger partial charge in [0.15, 0.2) is 17.7 Å². The molecule has 1 aliphatic heterocycles. The molecule has 0 aromatic carbocycles. The number of carbonyl (C=O) groups excluding carboxylic acids is 4. The summed E-state index contributed by atoms with van der Waals surface area (Å²) in [5.74, 6) is -3.83. The maximum Gasteiger partial charge on any atom is 0.332 e. The van der Waals surface area contributed by atoms with Crippen molar-refractivity contribution in [1.29, 1.82) is 0 Å². The van der Waals surface area contributed by atoms with Gasteiger partial charge in [-0.2, -0.15) is 0 Å². The van der Waals surface area contributed by atoms with Crippen LogP contribution in [0.15, 0.2) is 18.6 Å². The van der Waals surface area contributed by atoms with Gasteiger partial charge in [0.25, 0.3) is 5.91 Å². The molecule has 11 nitrogen and oxygen atoms in total. The molecule has 3 aliphatic rings. The minimum absolute atomic E-state index is 0.0485. The highest BCUT2D eigenvalue weighted by atomic mass is 16.4. The van der Waals surface area contributed by atoms with Gasteiger partial charge in [0.05, 0.1) is 18.3 Å². The smallest absolute Gasteiger partial charge is 0.332 e. The number of likely N-dealkylation sites (tertiary alicyclic amines) is 1. The Hall–Kier alpha value is -3.21. The second kappa shape index (κ2) is 16.3. The number of Topliss-reactive ketones (excluding diaryl/α,β-unsaturated/α-hetero) is 2. The highest BCUT2D eigenvalue weighted by molar-refractivity contribution is 5.98. The third-order valence-corrected chi connectivity index (χ3v) is 10.8. The van der Waals surface area contributed by atoms with Crippen LogP contribution in [0.5, 0.6) is 0 Å². The summed E-state index contributed by atoms with van der Waals surface area (Å²) in [6, 6.07) is -1.61. The topological polar surface area (TPSA) is 167 Å². The Kier molecular flexibility index (Phi) is 12.7. The first kappa shape index (κ1) is 36.6. The number of hydrogen-bond donors (Lipinski definition) is 3. The van der Waals surface area contributed by atoms with Crippen molar-refractivity contribution >= 4 is 29.4 Å². The Morgan fingerprint density at radius 2 is 1.66 bits per heavy atom. The number of hydrogen-bond acceptors (Lipinski definition) is 8. The third-order valence-electron chi connectivity index (χ3n) is 10.8. The lowest BCUT2D eigenvalue weighted by molar-refractivity contribution is -0.152. The molecule has 11 heteroatoms. The Morgan fingerprint density at radius 1 is 0.979 bits per heavy atom. The second-order valence-corrected chi connectivity index (χ2v) is 15.1. The molecule has 3 unspecified atom stereocenters. The van der Waals surface area contributed by atoms with Crippen LogP contribution in [0.3, 0.4) is 0 Å². The number of carboxylic acid groups (broad SMARTS) is 1. The van der Waals surface area contributed by atoms with Gasteiger partial charge in [-0.05, 0) is 55.8 Å². The van der Waals surface area contributed by atoms with E-state index in [-0.39, 0.29) is 53.9 Å². The van der Waals surface area contributed by atoms with Gasteiger partial charge in [-0.25, -0.2) is 9.78 Å². The molecule has 2 saturated carbocycles. The molecular formula is C36H54N4O7. The normalized spacial score (nSPS) is 24.4. The first-order valence-corrected chi connectivity index (χ1v) is 17.7. The average Bonchev–Trinajstić information content (AvgIpc) is 3.45. The summed E-state index contributed by atoms with van der Waals surface area (Å²) in [6.07, 6.45) is 12.2. The van der Waals surface area contributed by atoms with Crippen molar-refractivity contribution in [3.8, 4) is 0 Å². The fraction of sp³-hybridized carbons (Fsp3) is 0.750. The quantitative estimate of drug-likeness (QED) is 0.256. The van der Waals surface area contributed by atoms with E-state index in [0.29, 0.717) is 19.3 Å². The van der Waals surface area contributed by atoms with E-state index in [1.165, 1.54) is 18.6 Å². The monoisotopic (exact) mass is 654 g/mol. The van der Waals surface area contributed by atoms with Crippen molar-refractivity contribution in [1.82, 2.24) is 20.2 Å². The van der Waals surface area contributed by atoms with Crippen LogP contribution in [-0.4, -0.2) is 78.7 Å². The Bertz CT molecular complexity index is 1260. The van der Waals surface area contributed by atoms with E-state index in [9.17, 15) is 34.2 Å². The Balaban J connectivity index is 1.61. The van der Waals surface area contributed by atoms with Gasteiger partial charge in [-0.1, -0.05) is 66.2 Å². The van der Waals surface area contributed by atoms with Gasteiger partial charge < -0.3 is 20.4 Å². The van der Waals surface area contributed by atoms with Crippen LogP contribution in [0.4, 0.5) is 0 Å². The van der Waals surface area contributed by atoms with Gasteiger partial charge in [-0.3, -0.25) is 24.2 Å². The van der Waals surface area contributed by atoms with Crippen LogP contribution < -0.4 is 5.32 Å². The van der Waals surface area contributed by atoms with E-state index in [4.69, 9.17) is 0 Å². The van der Waals surface area contributed by atoms with E-state index >= 15 is 0 Å². The summed E-state index contributed by atoms with van der Waals surface area (Å²) >= 11 is 0. The summed E-state index contributed by atoms with van der Waals surface area (Å²) in [6.45, 7) is 7.68. The number of aliphatic hydroxyl groups is 1. The lowest BCUT2D eigenvalue weighted by atomic mass is 9.73. The fourth-order valence-electron chi connectivity index (χ4n) is 8.24. The molecule has 2 amide bonds. The molecule has 1 aromatic heterocycles. The summed E-state index contributed by atoms with van der Waals surface area (Å²) in [7, 11) is 0. The number of rotatable bonds is 14. The third kappa shape index (κ3) is 9.03. The van der Waals surface area contributed by atoms with Gasteiger partial charge in [0.1, 0.15) is 5.69 Å². The number of ketones is 2. The number of carbonyl (C=O) groups is 5. The zero-order valence-electron chi connectivity index (χ0n) is 28.5. The molecule has 1 aromatic rings. The van der Waals surface area contributed by atoms with E-state index in [0.717, 1.165) is 57.8 Å². The highest BCUT2D eigenvalue weighted by Crippen LogP contribution is 2.44. The molecule has 3 N–H and O–H groups in total. The molecule has 1 saturated heterocycles. The maximum absolute atomic E-state index is 14.8. The molecule has 2 heterocycles. The van der Waals surface area contributed by atoms with Crippen LogP contribution in [0, 0.1) is 29.1 Å². The predicted molar refractivity (Wildman–Crippen MR) is 175 cm³/mol. The second-order valence-electron chi connectivity index (χ2n) is 15.1. The zero-order valence-corrected chi connectivity index (χ0v) is 28.5. The van der Waals surface area contributed by atoms with Crippen LogP contribution in [0.2, 0.25) is 0 Å². The summed E-state index contributed by atoms with van der Waals surface area (Å²) in [5.41, 5.74) is -0.496. The average molecular weight is 655 g/mol. The molecule has 0 bridgehead atoms. The first-order chi connectivity index (χ1) is 22.3. The van der Waals surface area contributed by atoms with Crippen LogP contribution in [0.25, 0.3) is 0 Å². The number of aliphatic hydroxyl groups excluding tert-OH is 1. The van der Waals surface area contributed by atoms with Crippen molar-refractivity contribution < 1.29 is 34.2 Å². The number of aromatic nitrogens is 2. The lowest BCUT2D eigenvalue weighted by Crippen LogP contribution is -2.53. The summed E-state index contributed by atoms with van der Waals surface area (Å²) < 4.78 is 0. The van der Waals surface area contributed by atoms with Gasteiger partial charge in [-0.15, -0.1) is 0 Å². The van der Waals surface area contributed by atoms with Gasteiger partial charge >= 0.3 is 5.97 Å². The van der Waals surface area contributed by atoms with Crippen molar-refractivity contribution in [2.75, 3.05) is 0 Å². The van der Waals surface area contributed by atoms with Crippen molar-refractivity contribution in [3.63, 3.8) is 0 Å². The molecule has 0 radical (unpaired) electrons. The predicted octanol–water partition coefficient (Wildman–Crippen LogP) is 4.76. The van der Waals surface area contributed by atoms with E-state index < -0.39 is 47.3 Å². The standard InChI is InChI=1S/C36H54N4O7/c1-5-11-24(32(43)35(46)47)19-29(41)28-18-23-14-9-10-15-27(23)40(28)34(45)25(36(2,3)4)20-30(42)31(22-12-7-6-8-13-22)39-33(44)26-21-37-16-17-38-26/h16-17,21-25,27-28,31-32,43H,5-15,18-20H2,1-4H3,(H,39,44)(H,46,47)/t23?,24-,25-,27?,28+,31+,32?/m1/s1. The summed E-state index contributed by atoms with van der Waals surface area (Å²) in [5, 5.41) is 22.8. The highest BCUT2D eigenvalue weighted by Gasteiger charge is 2.51. The molecule has 4 rings (SSSR count). The van der Waals surface area contributed by atoms with Crippen LogP contribution in [0.1, 0.15) is 128 Å². The van der Waals surface area contributed by atoms with Crippen molar-refractivity contribution in [2.24, 2.45) is 29.1 Å². The molecule has 0 spiro atoms. The minimum Gasteiger partial charge on any atom is -0.479 e. The lowest BCUT2D eigenvalue weighted by Gasteiger charge is -2.40. The molecular weight excluding hydrogens is 600 g/mol. The number of aliphatic carboxylic acids is 1. The number of fused-ring (bicyclic) bond motifs is 1. The fourth-order valence-corrected chi connectivity index (χ4v) is 8.24. The van der Waals surface area contributed by atoms with E-state index in [2.05, 4.69) is 15.3 Å². The van der Waals surface area contributed by atoms with E-state index in [1.54, 1.807) is 4.90 Å². The van der Waals surface area contributed by atoms with Crippen LogP contribution in [-0.2, 0) is 19.2 Å². The van der Waals surface area contributed by atoms with E-state index in [1.807, 2.05) is 27.7 Å². The summed E-state index contributed by atoms with van der Waals surface area (Å²) in [4.78, 5) is 77.7. The van der Waals surface area contributed by atoms with Gasteiger partial charge in [0, 0.05) is 43.1 Å². The molecule has 7 atom stereocenters. The zero-order chi connectivity index (χ0) is 34.3. The molecule has 2 aliphatic carbocycles.